The molecule has 1 aliphatic heterocycles. The minimum absolute atomic E-state index is 0.0242. The number of carbonyl (C=O) groups is 2. The third-order valence-corrected chi connectivity index (χ3v) is 4.84. The van der Waals surface area contributed by atoms with Gasteiger partial charge in [0.25, 0.3) is 0 Å². The van der Waals surface area contributed by atoms with Crippen molar-refractivity contribution in [3.05, 3.63) is 72.6 Å². The normalized spacial score (nSPS) is 13.7. The topological polar surface area (TPSA) is 75.2 Å². The van der Waals surface area contributed by atoms with Crippen molar-refractivity contribution in [2.75, 3.05) is 23.3 Å². The summed E-state index contributed by atoms with van der Waals surface area (Å²) in [5, 5.41) is 2.90. The van der Waals surface area contributed by atoms with Crippen molar-refractivity contribution in [3.8, 4) is 11.3 Å². The van der Waals surface area contributed by atoms with E-state index in [1.165, 1.54) is 6.92 Å². The predicted octanol–water partition coefficient (Wildman–Crippen LogP) is 3.42. The second-order valence-electron chi connectivity index (χ2n) is 6.86. The fourth-order valence-electron chi connectivity index (χ4n) is 3.18. The lowest BCUT2D eigenvalue weighted by atomic mass is 9.98. The lowest BCUT2D eigenvalue weighted by Gasteiger charge is -2.39. The third-order valence-electron chi connectivity index (χ3n) is 4.84. The summed E-state index contributed by atoms with van der Waals surface area (Å²) in [7, 11) is 0. The highest BCUT2D eigenvalue weighted by atomic mass is 16.2. The van der Waals surface area contributed by atoms with Crippen molar-refractivity contribution in [1.29, 1.82) is 0 Å². The van der Waals surface area contributed by atoms with Crippen LogP contribution in [0.5, 0.6) is 0 Å². The lowest BCUT2D eigenvalue weighted by Crippen LogP contribution is -2.52. The molecule has 0 bridgehead atoms. The highest BCUT2D eigenvalue weighted by Gasteiger charge is 2.33. The number of hydrogen-bond donors (Lipinski definition) is 1. The molecule has 1 amide bonds. The zero-order chi connectivity index (χ0) is 19.5. The third kappa shape index (κ3) is 3.76. The van der Waals surface area contributed by atoms with Gasteiger partial charge in [-0.05, 0) is 19.1 Å². The Morgan fingerprint density at radius 1 is 1.00 bits per heavy atom. The van der Waals surface area contributed by atoms with Gasteiger partial charge in [0.15, 0.2) is 5.78 Å². The minimum atomic E-state index is -0.115. The molecule has 2 aromatic carbocycles. The SMILES string of the molecule is CC(=O)c1cccc(NC(=O)C2CN(c3cc(-c4ccccc4)ncn3)C2)c1. The van der Waals surface area contributed by atoms with Crippen LogP contribution in [-0.2, 0) is 4.79 Å². The number of ketones is 1. The molecule has 28 heavy (non-hydrogen) atoms. The van der Waals surface area contributed by atoms with Gasteiger partial charge in [-0.15, -0.1) is 0 Å². The van der Waals surface area contributed by atoms with Gasteiger partial charge in [-0.1, -0.05) is 42.5 Å². The predicted molar refractivity (Wildman–Crippen MR) is 108 cm³/mol. The second kappa shape index (κ2) is 7.60. The number of carbonyl (C=O) groups excluding carboxylic acids is 2. The number of rotatable bonds is 5. The van der Waals surface area contributed by atoms with Gasteiger partial charge in [0, 0.05) is 36.0 Å². The van der Waals surface area contributed by atoms with Gasteiger partial charge in [-0.3, -0.25) is 9.59 Å². The molecule has 0 spiro atoms. The van der Waals surface area contributed by atoms with E-state index < -0.39 is 0 Å². The van der Waals surface area contributed by atoms with Crippen molar-refractivity contribution in [2.45, 2.75) is 6.92 Å². The van der Waals surface area contributed by atoms with Crippen molar-refractivity contribution in [3.63, 3.8) is 0 Å². The van der Waals surface area contributed by atoms with E-state index >= 15 is 0 Å². The first-order valence-corrected chi connectivity index (χ1v) is 9.14. The largest absolute Gasteiger partial charge is 0.355 e. The molecule has 1 fully saturated rings. The molecule has 0 saturated carbocycles. The van der Waals surface area contributed by atoms with Crippen LogP contribution < -0.4 is 10.2 Å². The Balaban J connectivity index is 1.39. The maximum Gasteiger partial charge on any atom is 0.231 e. The smallest absolute Gasteiger partial charge is 0.231 e. The van der Waals surface area contributed by atoms with Gasteiger partial charge in [0.2, 0.25) is 5.91 Å². The Kier molecular flexibility index (Phi) is 4.85. The number of hydrogen-bond acceptors (Lipinski definition) is 5. The summed E-state index contributed by atoms with van der Waals surface area (Å²) in [6, 6.07) is 18.9. The van der Waals surface area contributed by atoms with Crippen LogP contribution in [0.2, 0.25) is 0 Å². The van der Waals surface area contributed by atoms with E-state index in [2.05, 4.69) is 20.2 Å². The Morgan fingerprint density at radius 3 is 2.54 bits per heavy atom. The van der Waals surface area contributed by atoms with Crippen LogP contribution in [0.15, 0.2) is 67.0 Å². The Bertz CT molecular complexity index is 1010. The summed E-state index contributed by atoms with van der Waals surface area (Å²) in [4.78, 5) is 34.7. The molecule has 0 atom stereocenters. The number of amides is 1. The Labute approximate surface area is 163 Å². The summed E-state index contributed by atoms with van der Waals surface area (Å²) < 4.78 is 0. The van der Waals surface area contributed by atoms with Crippen LogP contribution in [0.3, 0.4) is 0 Å². The van der Waals surface area contributed by atoms with E-state index in [0.717, 1.165) is 17.1 Å². The maximum atomic E-state index is 12.5. The van der Waals surface area contributed by atoms with Crippen molar-refractivity contribution < 1.29 is 9.59 Å². The number of nitrogens with one attached hydrogen (secondary N) is 1. The van der Waals surface area contributed by atoms with E-state index in [-0.39, 0.29) is 17.6 Å². The Hall–Kier alpha value is -3.54. The first-order valence-electron chi connectivity index (χ1n) is 9.14. The van der Waals surface area contributed by atoms with Crippen molar-refractivity contribution in [1.82, 2.24) is 9.97 Å². The van der Waals surface area contributed by atoms with Crippen LogP contribution in [-0.4, -0.2) is 34.7 Å². The van der Waals surface area contributed by atoms with Crippen LogP contribution in [0.4, 0.5) is 11.5 Å². The molecule has 0 radical (unpaired) electrons. The molecule has 1 aliphatic rings. The number of Topliss-reactive ketones (excluding diaryl/α,β-unsaturated/α-hetero) is 1. The molecule has 6 nitrogen and oxygen atoms in total. The summed E-state index contributed by atoms with van der Waals surface area (Å²) in [5.74, 6) is 0.630. The number of benzene rings is 2. The highest BCUT2D eigenvalue weighted by molar-refractivity contribution is 5.98. The average molecular weight is 372 g/mol. The minimum Gasteiger partial charge on any atom is -0.355 e. The van der Waals surface area contributed by atoms with Gasteiger partial charge < -0.3 is 10.2 Å². The first kappa shape index (κ1) is 17.9. The van der Waals surface area contributed by atoms with Gasteiger partial charge in [-0.2, -0.15) is 0 Å². The lowest BCUT2D eigenvalue weighted by molar-refractivity contribution is -0.120. The molecule has 0 aliphatic carbocycles. The Morgan fingerprint density at radius 2 is 1.79 bits per heavy atom. The molecule has 1 aromatic heterocycles. The fraction of sp³-hybridized carbons (Fsp3) is 0.182. The monoisotopic (exact) mass is 372 g/mol. The highest BCUT2D eigenvalue weighted by Crippen LogP contribution is 2.27. The van der Waals surface area contributed by atoms with Crippen molar-refractivity contribution >= 4 is 23.2 Å². The van der Waals surface area contributed by atoms with E-state index in [9.17, 15) is 9.59 Å². The van der Waals surface area contributed by atoms with Gasteiger partial charge in [-0.25, -0.2) is 9.97 Å². The summed E-state index contributed by atoms with van der Waals surface area (Å²) in [6.07, 6.45) is 1.55. The van der Waals surface area contributed by atoms with Crippen LogP contribution in [0, 0.1) is 5.92 Å². The fourth-order valence-corrected chi connectivity index (χ4v) is 3.18. The standard InChI is InChI=1S/C22H20N4O2/c1-15(27)17-8-5-9-19(10-17)25-22(28)18-12-26(13-18)21-11-20(23-14-24-21)16-6-3-2-4-7-16/h2-11,14,18H,12-13H2,1H3,(H,25,28). The quantitative estimate of drug-likeness (QED) is 0.695. The van der Waals surface area contributed by atoms with Crippen molar-refractivity contribution in [2.24, 2.45) is 5.92 Å². The van der Waals surface area contributed by atoms with E-state index in [1.54, 1.807) is 30.6 Å². The van der Waals surface area contributed by atoms with E-state index in [0.29, 0.717) is 24.3 Å². The molecule has 1 saturated heterocycles. The molecule has 140 valence electrons. The van der Waals surface area contributed by atoms with E-state index in [4.69, 9.17) is 0 Å². The molecular weight excluding hydrogens is 352 g/mol. The first-order chi connectivity index (χ1) is 13.6. The maximum absolute atomic E-state index is 12.5. The summed E-state index contributed by atoms with van der Waals surface area (Å²) in [5.41, 5.74) is 3.12. The van der Waals surface area contributed by atoms with Crippen LogP contribution >= 0.6 is 0 Å². The van der Waals surface area contributed by atoms with Gasteiger partial charge in [0.1, 0.15) is 12.1 Å². The van der Waals surface area contributed by atoms with Crippen LogP contribution in [0.1, 0.15) is 17.3 Å². The van der Waals surface area contributed by atoms with Crippen LogP contribution in [0.25, 0.3) is 11.3 Å². The summed E-state index contributed by atoms with van der Waals surface area (Å²) in [6.45, 7) is 2.71. The molecule has 6 heteroatoms. The molecular formula is C22H20N4O2. The van der Waals surface area contributed by atoms with E-state index in [1.807, 2.05) is 36.4 Å². The molecule has 3 aromatic rings. The van der Waals surface area contributed by atoms with Gasteiger partial charge >= 0.3 is 0 Å². The second-order valence-corrected chi connectivity index (χ2v) is 6.86. The number of anilines is 2. The zero-order valence-corrected chi connectivity index (χ0v) is 15.5. The molecule has 2 heterocycles. The number of aromatic nitrogens is 2. The molecule has 4 rings (SSSR count). The zero-order valence-electron chi connectivity index (χ0n) is 15.5. The average Bonchev–Trinajstić information content (AvgIpc) is 2.68. The molecule has 0 unspecified atom stereocenters. The number of nitrogens with zero attached hydrogens (tertiary/aromatic N) is 3. The van der Waals surface area contributed by atoms with Gasteiger partial charge in [0.05, 0.1) is 11.6 Å². The molecule has 1 N–H and O–H groups in total. The summed E-state index contributed by atoms with van der Waals surface area (Å²) >= 11 is 0.